The summed E-state index contributed by atoms with van der Waals surface area (Å²) in [6.07, 6.45) is 1.26. The first-order chi connectivity index (χ1) is 8.56. The topological polar surface area (TPSA) is 78.9 Å². The lowest BCUT2D eigenvalue weighted by Crippen LogP contribution is -2.52. The van der Waals surface area contributed by atoms with Gasteiger partial charge in [0.25, 0.3) is 0 Å². The number of carbonyl (C=O) groups excluding carboxylic acids is 1. The van der Waals surface area contributed by atoms with Crippen molar-refractivity contribution in [3.8, 4) is 0 Å². The molecule has 0 aromatic rings. The summed E-state index contributed by atoms with van der Waals surface area (Å²) in [6, 6.07) is -0.468. The molecular weight excluding hydrogens is 256 g/mol. The zero-order valence-electron chi connectivity index (χ0n) is 10.3. The molecule has 0 aromatic carbocycles. The van der Waals surface area contributed by atoms with Gasteiger partial charge in [-0.1, -0.05) is 0 Å². The van der Waals surface area contributed by atoms with Crippen molar-refractivity contribution < 1.29 is 19.4 Å². The van der Waals surface area contributed by atoms with E-state index < -0.39 is 12.0 Å². The van der Waals surface area contributed by atoms with Crippen LogP contribution in [-0.2, 0) is 9.53 Å². The normalized spacial score (nSPS) is 26.3. The summed E-state index contributed by atoms with van der Waals surface area (Å²) in [5, 5.41) is 12.2. The number of aliphatic carboxylic acids is 1. The minimum atomic E-state index is -0.799. The lowest BCUT2D eigenvalue weighted by molar-refractivity contribution is -0.139. The third-order valence-corrected chi connectivity index (χ3v) is 4.94. The maximum absolute atomic E-state index is 11.6. The van der Waals surface area contributed by atoms with E-state index in [1.54, 1.807) is 23.6 Å². The van der Waals surface area contributed by atoms with E-state index >= 15 is 0 Å². The maximum Gasteiger partial charge on any atom is 0.409 e. The lowest BCUT2D eigenvalue weighted by Gasteiger charge is -2.38. The predicted molar refractivity (Wildman–Crippen MR) is 67.6 cm³/mol. The van der Waals surface area contributed by atoms with E-state index in [-0.39, 0.29) is 11.0 Å². The maximum atomic E-state index is 11.6. The summed E-state index contributed by atoms with van der Waals surface area (Å²) in [5.74, 6) is -0.207. The van der Waals surface area contributed by atoms with E-state index in [1.807, 2.05) is 0 Å². The number of hydrogen-bond acceptors (Lipinski definition) is 5. The van der Waals surface area contributed by atoms with Crippen molar-refractivity contribution in [3.63, 3.8) is 0 Å². The molecule has 2 N–H and O–H groups in total. The van der Waals surface area contributed by atoms with Crippen molar-refractivity contribution in [2.45, 2.75) is 30.7 Å². The van der Waals surface area contributed by atoms with Crippen LogP contribution >= 0.6 is 11.8 Å². The molecule has 2 rings (SSSR count). The molecule has 2 aliphatic rings. The summed E-state index contributed by atoms with van der Waals surface area (Å²) < 4.78 is 4.96. The number of nitrogens with zero attached hydrogens (tertiary/aromatic N) is 1. The van der Waals surface area contributed by atoms with Crippen LogP contribution in [0.3, 0.4) is 0 Å². The smallest absolute Gasteiger partial charge is 0.409 e. The SMILES string of the molecule is CCOC(=O)N1CCC2(CC1)NC(C(=O)O)CS2. The first-order valence-electron chi connectivity index (χ1n) is 6.12. The summed E-state index contributed by atoms with van der Waals surface area (Å²) in [5.41, 5.74) is 0. The molecule has 1 spiro atoms. The molecule has 2 fully saturated rings. The third-order valence-electron chi connectivity index (χ3n) is 3.36. The number of ether oxygens (including phenoxy) is 1. The molecular formula is C11H18N2O4S. The van der Waals surface area contributed by atoms with Gasteiger partial charge in [-0.25, -0.2) is 4.79 Å². The van der Waals surface area contributed by atoms with Crippen LogP contribution in [0.5, 0.6) is 0 Å². The number of amides is 1. The number of likely N-dealkylation sites (tertiary alicyclic amines) is 1. The summed E-state index contributed by atoms with van der Waals surface area (Å²) >= 11 is 1.66. The van der Waals surface area contributed by atoms with Gasteiger partial charge in [-0.3, -0.25) is 10.1 Å². The first kappa shape index (κ1) is 13.5. The standard InChI is InChI=1S/C11H18N2O4S/c1-2-17-10(16)13-5-3-11(4-6-13)12-8(7-18-11)9(14)15/h8,12H,2-7H2,1H3,(H,14,15). The first-order valence-corrected chi connectivity index (χ1v) is 7.11. The monoisotopic (exact) mass is 274 g/mol. The molecule has 1 unspecified atom stereocenters. The molecule has 0 radical (unpaired) electrons. The average molecular weight is 274 g/mol. The van der Waals surface area contributed by atoms with E-state index in [0.717, 1.165) is 12.8 Å². The number of carboxylic acids is 1. The van der Waals surface area contributed by atoms with E-state index in [0.29, 0.717) is 25.4 Å². The molecule has 2 aliphatic heterocycles. The Morgan fingerprint density at radius 1 is 1.50 bits per heavy atom. The lowest BCUT2D eigenvalue weighted by atomic mass is 10.0. The van der Waals surface area contributed by atoms with Gasteiger partial charge in [0.15, 0.2) is 0 Å². The van der Waals surface area contributed by atoms with Gasteiger partial charge in [-0.05, 0) is 19.8 Å². The van der Waals surface area contributed by atoms with Crippen molar-refractivity contribution in [2.24, 2.45) is 0 Å². The molecule has 2 saturated heterocycles. The highest BCUT2D eigenvalue weighted by molar-refractivity contribution is 8.01. The van der Waals surface area contributed by atoms with Crippen LogP contribution in [0.25, 0.3) is 0 Å². The molecule has 0 saturated carbocycles. The van der Waals surface area contributed by atoms with Gasteiger partial charge >= 0.3 is 12.1 Å². The van der Waals surface area contributed by atoms with Crippen LogP contribution in [0.1, 0.15) is 19.8 Å². The van der Waals surface area contributed by atoms with Gasteiger partial charge in [-0.2, -0.15) is 0 Å². The summed E-state index contributed by atoms with van der Waals surface area (Å²) in [4.78, 5) is 24.0. The second kappa shape index (κ2) is 5.36. The molecule has 0 aromatic heterocycles. The molecule has 18 heavy (non-hydrogen) atoms. The Bertz CT molecular complexity index is 342. The second-order valence-corrected chi connectivity index (χ2v) is 5.93. The Morgan fingerprint density at radius 3 is 2.67 bits per heavy atom. The van der Waals surface area contributed by atoms with Gasteiger partial charge in [-0.15, -0.1) is 11.8 Å². The van der Waals surface area contributed by atoms with E-state index in [9.17, 15) is 9.59 Å². The van der Waals surface area contributed by atoms with Crippen molar-refractivity contribution in [2.75, 3.05) is 25.4 Å². The second-order valence-electron chi connectivity index (χ2n) is 4.53. The van der Waals surface area contributed by atoms with Crippen molar-refractivity contribution in [1.82, 2.24) is 10.2 Å². The number of carboxylic acid groups (broad SMARTS) is 1. The van der Waals surface area contributed by atoms with E-state index in [1.165, 1.54) is 0 Å². The highest BCUT2D eigenvalue weighted by Crippen LogP contribution is 2.39. The molecule has 2 heterocycles. The zero-order valence-corrected chi connectivity index (χ0v) is 11.2. The van der Waals surface area contributed by atoms with Gasteiger partial charge < -0.3 is 14.7 Å². The van der Waals surface area contributed by atoms with Gasteiger partial charge in [0.2, 0.25) is 0 Å². The van der Waals surface area contributed by atoms with E-state index in [2.05, 4.69) is 5.32 Å². The van der Waals surface area contributed by atoms with E-state index in [4.69, 9.17) is 9.84 Å². The van der Waals surface area contributed by atoms with Gasteiger partial charge in [0, 0.05) is 18.8 Å². The minimum absolute atomic E-state index is 0.175. The van der Waals surface area contributed by atoms with Crippen LogP contribution in [0.15, 0.2) is 0 Å². The molecule has 1 atom stereocenters. The number of nitrogens with one attached hydrogen (secondary N) is 1. The number of rotatable bonds is 2. The highest BCUT2D eigenvalue weighted by atomic mass is 32.2. The quantitative estimate of drug-likeness (QED) is 0.772. The Labute approximate surface area is 110 Å². The Kier molecular flexibility index (Phi) is 4.01. The Hall–Kier alpha value is -0.950. The number of carbonyl (C=O) groups is 2. The Morgan fingerprint density at radius 2 is 2.17 bits per heavy atom. The molecule has 7 heteroatoms. The molecule has 0 aliphatic carbocycles. The Balaban J connectivity index is 1.87. The number of hydrogen-bond donors (Lipinski definition) is 2. The van der Waals surface area contributed by atoms with Crippen LogP contribution in [-0.4, -0.2) is 58.4 Å². The third kappa shape index (κ3) is 2.72. The fourth-order valence-corrected chi connectivity index (χ4v) is 3.74. The zero-order chi connectivity index (χ0) is 13.2. The fraction of sp³-hybridized carbons (Fsp3) is 0.818. The number of thioether (sulfide) groups is 1. The number of piperidine rings is 1. The highest BCUT2D eigenvalue weighted by Gasteiger charge is 2.44. The van der Waals surface area contributed by atoms with Gasteiger partial charge in [0.1, 0.15) is 6.04 Å². The minimum Gasteiger partial charge on any atom is -0.480 e. The molecule has 102 valence electrons. The summed E-state index contributed by atoms with van der Waals surface area (Å²) in [7, 11) is 0. The fourth-order valence-electron chi connectivity index (χ4n) is 2.33. The van der Waals surface area contributed by atoms with Crippen LogP contribution in [0.2, 0.25) is 0 Å². The molecule has 0 bridgehead atoms. The molecule has 6 nitrogen and oxygen atoms in total. The summed E-state index contributed by atoms with van der Waals surface area (Å²) in [6.45, 7) is 3.40. The predicted octanol–water partition coefficient (Wildman–Crippen LogP) is 0.725. The van der Waals surface area contributed by atoms with Crippen molar-refractivity contribution in [1.29, 1.82) is 0 Å². The van der Waals surface area contributed by atoms with Crippen molar-refractivity contribution in [3.05, 3.63) is 0 Å². The van der Waals surface area contributed by atoms with Crippen LogP contribution < -0.4 is 5.32 Å². The molecule has 1 amide bonds. The van der Waals surface area contributed by atoms with Crippen LogP contribution in [0.4, 0.5) is 4.79 Å². The van der Waals surface area contributed by atoms with Crippen LogP contribution in [0, 0.1) is 0 Å². The van der Waals surface area contributed by atoms with Crippen molar-refractivity contribution >= 4 is 23.8 Å². The largest absolute Gasteiger partial charge is 0.480 e. The van der Waals surface area contributed by atoms with Gasteiger partial charge in [0.05, 0.1) is 11.5 Å². The average Bonchev–Trinajstić information content (AvgIpc) is 2.75.